The number of urea groups is 1. The number of hydrogen-bond acceptors (Lipinski definition) is 3. The Morgan fingerprint density at radius 1 is 1.56 bits per heavy atom. The van der Waals surface area contributed by atoms with Gasteiger partial charge in [-0.1, -0.05) is 6.92 Å². The lowest BCUT2D eigenvalue weighted by Crippen LogP contribution is -2.49. The van der Waals surface area contributed by atoms with Crippen molar-refractivity contribution >= 4 is 12.0 Å². The summed E-state index contributed by atoms with van der Waals surface area (Å²) in [6.45, 7) is 3.50. The van der Waals surface area contributed by atoms with Crippen LogP contribution in [0.15, 0.2) is 0 Å². The van der Waals surface area contributed by atoms with Gasteiger partial charge >= 0.3 is 12.0 Å². The van der Waals surface area contributed by atoms with E-state index in [2.05, 4.69) is 15.5 Å². The van der Waals surface area contributed by atoms with Crippen LogP contribution in [0.25, 0.3) is 0 Å². The maximum absolute atomic E-state index is 11.5. The fourth-order valence-corrected chi connectivity index (χ4v) is 1.78. The van der Waals surface area contributed by atoms with Crippen LogP contribution in [0.4, 0.5) is 4.79 Å². The molecule has 1 fully saturated rings. The third-order valence-corrected chi connectivity index (χ3v) is 2.74. The van der Waals surface area contributed by atoms with Crippen LogP contribution >= 0.6 is 0 Å². The molecule has 0 bridgehead atoms. The summed E-state index contributed by atoms with van der Waals surface area (Å²) in [4.78, 5) is 24.3. The molecule has 0 aliphatic carbocycles. The van der Waals surface area contributed by atoms with E-state index >= 15 is 0 Å². The molecule has 6 heteroatoms. The van der Waals surface area contributed by atoms with Crippen molar-refractivity contribution in [3.8, 4) is 0 Å². The van der Waals surface area contributed by atoms with Crippen LogP contribution in [-0.4, -0.2) is 54.2 Å². The van der Waals surface area contributed by atoms with Crippen LogP contribution in [0.5, 0.6) is 0 Å². The summed E-state index contributed by atoms with van der Waals surface area (Å²) < 4.78 is 0. The number of aliphatic carboxylic acids is 1. The zero-order valence-electron chi connectivity index (χ0n) is 9.69. The van der Waals surface area contributed by atoms with Crippen molar-refractivity contribution in [3.63, 3.8) is 0 Å². The first kappa shape index (κ1) is 12.8. The van der Waals surface area contributed by atoms with E-state index in [1.807, 2.05) is 7.05 Å². The van der Waals surface area contributed by atoms with E-state index in [4.69, 9.17) is 5.11 Å². The van der Waals surface area contributed by atoms with Crippen molar-refractivity contribution in [2.75, 3.05) is 20.1 Å². The molecule has 92 valence electrons. The molecular weight excluding hydrogens is 210 g/mol. The highest BCUT2D eigenvalue weighted by atomic mass is 16.4. The fourth-order valence-electron chi connectivity index (χ4n) is 1.78. The van der Waals surface area contributed by atoms with E-state index < -0.39 is 18.0 Å². The van der Waals surface area contributed by atoms with E-state index in [0.717, 1.165) is 19.5 Å². The predicted molar refractivity (Wildman–Crippen MR) is 59.3 cm³/mol. The normalized spacial score (nSPS) is 22.8. The molecule has 1 aliphatic heterocycles. The summed E-state index contributed by atoms with van der Waals surface area (Å²) in [7, 11) is 1.99. The van der Waals surface area contributed by atoms with Gasteiger partial charge in [0, 0.05) is 12.6 Å². The molecule has 1 aliphatic rings. The van der Waals surface area contributed by atoms with Crippen molar-refractivity contribution < 1.29 is 14.7 Å². The molecule has 1 saturated heterocycles. The summed E-state index contributed by atoms with van der Waals surface area (Å²) >= 11 is 0. The second kappa shape index (κ2) is 5.69. The molecule has 2 atom stereocenters. The molecular formula is C10H19N3O3. The van der Waals surface area contributed by atoms with Crippen molar-refractivity contribution in [2.45, 2.75) is 31.8 Å². The summed E-state index contributed by atoms with van der Waals surface area (Å²) in [5, 5.41) is 14.0. The first-order valence-corrected chi connectivity index (χ1v) is 5.51. The summed E-state index contributed by atoms with van der Waals surface area (Å²) in [6.07, 6.45) is 1.29. The van der Waals surface area contributed by atoms with Gasteiger partial charge in [-0.15, -0.1) is 0 Å². The zero-order chi connectivity index (χ0) is 12.1. The molecule has 0 saturated carbocycles. The minimum absolute atomic E-state index is 0.122. The topological polar surface area (TPSA) is 81.7 Å². The maximum atomic E-state index is 11.5. The number of amides is 2. The van der Waals surface area contributed by atoms with E-state index in [-0.39, 0.29) is 6.04 Å². The minimum Gasteiger partial charge on any atom is -0.480 e. The molecule has 1 heterocycles. The first-order chi connectivity index (χ1) is 7.52. The Bertz CT molecular complexity index is 270. The highest BCUT2D eigenvalue weighted by Crippen LogP contribution is 2.05. The fraction of sp³-hybridized carbons (Fsp3) is 0.800. The number of nitrogens with one attached hydrogen (secondary N) is 2. The summed E-state index contributed by atoms with van der Waals surface area (Å²) in [5.74, 6) is -0.999. The minimum atomic E-state index is -0.999. The lowest BCUT2D eigenvalue weighted by atomic mass is 10.2. The Morgan fingerprint density at radius 2 is 2.25 bits per heavy atom. The van der Waals surface area contributed by atoms with Crippen LogP contribution in [0.1, 0.15) is 19.8 Å². The quantitative estimate of drug-likeness (QED) is 0.626. The standard InChI is InChI=1S/C10H19N3O3/c1-3-8(9(14)15)12-10(16)11-7-4-5-13(2)6-7/h7-8H,3-6H2,1-2H3,(H,14,15)(H2,11,12,16)/t7?,8-/m0/s1. The number of likely N-dealkylation sites (tertiary alicyclic amines) is 1. The number of likely N-dealkylation sites (N-methyl/N-ethyl adjacent to an activating group) is 1. The lowest BCUT2D eigenvalue weighted by molar-refractivity contribution is -0.139. The molecule has 6 nitrogen and oxygen atoms in total. The highest BCUT2D eigenvalue weighted by Gasteiger charge is 2.23. The molecule has 0 spiro atoms. The van der Waals surface area contributed by atoms with Crippen LogP contribution in [0.2, 0.25) is 0 Å². The number of carboxylic acids is 1. The summed E-state index contributed by atoms with van der Waals surface area (Å²) in [5.41, 5.74) is 0. The third kappa shape index (κ3) is 3.69. The Hall–Kier alpha value is -1.30. The van der Waals surface area contributed by atoms with E-state index in [0.29, 0.717) is 6.42 Å². The van der Waals surface area contributed by atoms with E-state index in [1.54, 1.807) is 6.92 Å². The Kier molecular flexibility index (Phi) is 4.54. The SMILES string of the molecule is CC[C@H](NC(=O)NC1CCN(C)C1)C(=O)O. The second-order valence-corrected chi connectivity index (χ2v) is 4.16. The number of rotatable bonds is 4. The Morgan fingerprint density at radius 3 is 2.69 bits per heavy atom. The molecule has 1 rings (SSSR count). The molecule has 0 aromatic heterocycles. The molecule has 3 N–H and O–H groups in total. The third-order valence-electron chi connectivity index (χ3n) is 2.74. The zero-order valence-corrected chi connectivity index (χ0v) is 9.69. The Labute approximate surface area is 95.0 Å². The van der Waals surface area contributed by atoms with E-state index in [9.17, 15) is 9.59 Å². The van der Waals surface area contributed by atoms with Gasteiger partial charge in [0.05, 0.1) is 0 Å². The maximum Gasteiger partial charge on any atom is 0.326 e. The van der Waals surface area contributed by atoms with Crippen molar-refractivity contribution in [1.29, 1.82) is 0 Å². The van der Waals surface area contributed by atoms with Crippen molar-refractivity contribution in [2.24, 2.45) is 0 Å². The van der Waals surface area contributed by atoms with Gasteiger partial charge in [0.1, 0.15) is 6.04 Å². The molecule has 1 unspecified atom stereocenters. The monoisotopic (exact) mass is 229 g/mol. The van der Waals surface area contributed by atoms with Gasteiger partial charge in [0.25, 0.3) is 0 Å². The van der Waals surface area contributed by atoms with Crippen LogP contribution in [0, 0.1) is 0 Å². The number of carbonyl (C=O) groups excluding carboxylic acids is 1. The first-order valence-electron chi connectivity index (χ1n) is 5.51. The van der Waals surface area contributed by atoms with Gasteiger partial charge in [-0.2, -0.15) is 0 Å². The van der Waals surface area contributed by atoms with Gasteiger partial charge in [-0.25, -0.2) is 9.59 Å². The van der Waals surface area contributed by atoms with Gasteiger partial charge in [-0.05, 0) is 26.4 Å². The number of hydrogen-bond donors (Lipinski definition) is 3. The van der Waals surface area contributed by atoms with Crippen molar-refractivity contribution in [3.05, 3.63) is 0 Å². The molecule has 16 heavy (non-hydrogen) atoms. The number of carboxylic acid groups (broad SMARTS) is 1. The van der Waals surface area contributed by atoms with Gasteiger partial charge in [0.2, 0.25) is 0 Å². The average molecular weight is 229 g/mol. The predicted octanol–water partition coefficient (Wildman–Crippen LogP) is -0.147. The molecule has 0 aromatic rings. The van der Waals surface area contributed by atoms with Gasteiger partial charge in [0.15, 0.2) is 0 Å². The Balaban J connectivity index is 2.32. The molecule has 2 amide bonds. The summed E-state index contributed by atoms with van der Waals surface area (Å²) in [6, 6.07) is -1.08. The van der Waals surface area contributed by atoms with Gasteiger partial charge in [-0.3, -0.25) is 0 Å². The second-order valence-electron chi connectivity index (χ2n) is 4.16. The highest BCUT2D eigenvalue weighted by molar-refractivity contribution is 5.82. The van der Waals surface area contributed by atoms with Crippen LogP contribution in [0.3, 0.4) is 0 Å². The largest absolute Gasteiger partial charge is 0.480 e. The van der Waals surface area contributed by atoms with Crippen LogP contribution < -0.4 is 10.6 Å². The lowest BCUT2D eigenvalue weighted by Gasteiger charge is -2.16. The smallest absolute Gasteiger partial charge is 0.326 e. The van der Waals surface area contributed by atoms with Gasteiger partial charge < -0.3 is 20.6 Å². The average Bonchev–Trinajstić information content (AvgIpc) is 2.60. The molecule has 0 radical (unpaired) electrons. The van der Waals surface area contributed by atoms with Crippen molar-refractivity contribution in [1.82, 2.24) is 15.5 Å². The van der Waals surface area contributed by atoms with E-state index in [1.165, 1.54) is 0 Å². The molecule has 0 aromatic carbocycles. The number of carbonyl (C=O) groups is 2. The van der Waals surface area contributed by atoms with Crippen LogP contribution in [-0.2, 0) is 4.79 Å². The number of nitrogens with zero attached hydrogens (tertiary/aromatic N) is 1.